The molecule has 1 saturated heterocycles. The molecule has 0 atom stereocenters. The van der Waals surface area contributed by atoms with Gasteiger partial charge in [0.2, 0.25) is 0 Å². The molecular formula is C15H22BrN3O2. The van der Waals surface area contributed by atoms with E-state index in [0.29, 0.717) is 11.3 Å². The van der Waals surface area contributed by atoms with E-state index in [4.69, 9.17) is 4.74 Å². The number of likely N-dealkylation sites (tertiary alicyclic amines) is 1. The molecule has 116 valence electrons. The molecule has 0 aromatic carbocycles. The van der Waals surface area contributed by atoms with Gasteiger partial charge in [-0.15, -0.1) is 0 Å². The Bertz CT molecular complexity index is 535. The van der Waals surface area contributed by atoms with Crippen LogP contribution in [0.2, 0.25) is 0 Å². The van der Waals surface area contributed by atoms with Gasteiger partial charge < -0.3 is 14.2 Å². The average Bonchev–Trinajstić information content (AvgIpc) is 2.62. The van der Waals surface area contributed by atoms with Crippen LogP contribution in [0.3, 0.4) is 0 Å². The Labute approximate surface area is 133 Å². The first-order valence-electron chi connectivity index (χ1n) is 7.40. The van der Waals surface area contributed by atoms with Crippen LogP contribution in [0.4, 0.5) is 4.79 Å². The molecule has 1 aromatic rings. The summed E-state index contributed by atoms with van der Waals surface area (Å²) < 4.78 is 8.41. The van der Waals surface area contributed by atoms with Crippen molar-refractivity contribution in [2.24, 2.45) is 11.3 Å². The smallest absolute Gasteiger partial charge is 0.410 e. The molecule has 0 unspecified atom stereocenters. The van der Waals surface area contributed by atoms with Crippen LogP contribution in [-0.4, -0.2) is 39.2 Å². The van der Waals surface area contributed by atoms with E-state index in [2.05, 4.69) is 25.5 Å². The van der Waals surface area contributed by atoms with Crippen molar-refractivity contribution in [3.63, 3.8) is 0 Å². The third kappa shape index (κ3) is 3.25. The van der Waals surface area contributed by atoms with Crippen molar-refractivity contribution in [3.8, 4) is 0 Å². The summed E-state index contributed by atoms with van der Waals surface area (Å²) >= 11 is 3.37. The molecule has 1 amide bonds. The third-order valence-electron chi connectivity index (χ3n) is 4.22. The number of carbonyl (C=O) groups is 1. The van der Waals surface area contributed by atoms with Gasteiger partial charge in [0.1, 0.15) is 10.2 Å². The highest BCUT2D eigenvalue weighted by Crippen LogP contribution is 2.52. The van der Waals surface area contributed by atoms with E-state index < -0.39 is 5.60 Å². The van der Waals surface area contributed by atoms with Gasteiger partial charge in [-0.2, -0.15) is 0 Å². The molecule has 5 nitrogen and oxygen atoms in total. The molecule has 0 N–H and O–H groups in total. The minimum atomic E-state index is -0.406. The molecule has 1 aliphatic carbocycles. The molecule has 1 saturated carbocycles. The highest BCUT2D eigenvalue weighted by molar-refractivity contribution is 9.10. The van der Waals surface area contributed by atoms with Crippen molar-refractivity contribution in [2.75, 3.05) is 13.1 Å². The third-order valence-corrected chi connectivity index (χ3v) is 4.63. The summed E-state index contributed by atoms with van der Waals surface area (Å²) in [6.45, 7) is 8.44. The average molecular weight is 356 g/mol. The zero-order valence-corrected chi connectivity index (χ0v) is 14.4. The van der Waals surface area contributed by atoms with Crippen LogP contribution in [0.1, 0.15) is 33.6 Å². The van der Waals surface area contributed by atoms with E-state index in [-0.39, 0.29) is 6.09 Å². The quantitative estimate of drug-likeness (QED) is 0.817. The van der Waals surface area contributed by atoms with Crippen LogP contribution in [0.5, 0.6) is 0 Å². The van der Waals surface area contributed by atoms with Crippen LogP contribution in [0.25, 0.3) is 0 Å². The number of hydrogen-bond donors (Lipinski definition) is 0. The largest absolute Gasteiger partial charge is 0.444 e. The lowest BCUT2D eigenvalue weighted by Gasteiger charge is -2.58. The van der Waals surface area contributed by atoms with Gasteiger partial charge in [-0.05, 0) is 55.5 Å². The van der Waals surface area contributed by atoms with E-state index in [1.165, 1.54) is 12.8 Å². The van der Waals surface area contributed by atoms with Gasteiger partial charge in [-0.25, -0.2) is 9.78 Å². The number of halogens is 1. The van der Waals surface area contributed by atoms with Gasteiger partial charge in [0, 0.05) is 31.2 Å². The molecule has 2 aliphatic rings. The fourth-order valence-electron chi connectivity index (χ4n) is 3.50. The Morgan fingerprint density at radius 1 is 1.48 bits per heavy atom. The summed E-state index contributed by atoms with van der Waals surface area (Å²) in [7, 11) is 0. The standard InChI is InChI=1S/C15H22BrN3O2/c1-14(2,3)21-13(20)19-8-15(9-19)4-11(5-15)6-18-7-12(16)17-10-18/h7,10-11H,4-6,8-9H2,1-3H3. The van der Waals surface area contributed by atoms with Crippen molar-refractivity contribution < 1.29 is 9.53 Å². The minimum Gasteiger partial charge on any atom is -0.444 e. The van der Waals surface area contributed by atoms with Gasteiger partial charge in [0.05, 0.1) is 6.33 Å². The fourth-order valence-corrected chi connectivity index (χ4v) is 3.86. The number of amides is 1. The van der Waals surface area contributed by atoms with Crippen molar-refractivity contribution >= 4 is 22.0 Å². The Kier molecular flexibility index (Phi) is 3.55. The predicted octanol–water partition coefficient (Wildman–Crippen LogP) is 3.29. The molecular weight excluding hydrogens is 334 g/mol. The maximum atomic E-state index is 11.9. The second kappa shape index (κ2) is 5.00. The number of carbonyl (C=O) groups excluding carboxylic acids is 1. The van der Waals surface area contributed by atoms with Crippen LogP contribution in [0, 0.1) is 11.3 Å². The summed E-state index contributed by atoms with van der Waals surface area (Å²) in [4.78, 5) is 17.9. The van der Waals surface area contributed by atoms with Gasteiger partial charge in [0.15, 0.2) is 0 Å². The Balaban J connectivity index is 1.42. The number of ether oxygens (including phenoxy) is 1. The molecule has 21 heavy (non-hydrogen) atoms. The van der Waals surface area contributed by atoms with Crippen molar-refractivity contribution in [2.45, 2.75) is 45.8 Å². The first kappa shape index (κ1) is 14.9. The molecule has 0 radical (unpaired) electrons. The number of rotatable bonds is 2. The highest BCUT2D eigenvalue weighted by atomic mass is 79.9. The van der Waals surface area contributed by atoms with E-state index in [1.54, 1.807) is 0 Å². The van der Waals surface area contributed by atoms with E-state index >= 15 is 0 Å². The van der Waals surface area contributed by atoms with Gasteiger partial charge >= 0.3 is 6.09 Å². The zero-order chi connectivity index (χ0) is 15.3. The highest BCUT2D eigenvalue weighted by Gasteiger charge is 2.54. The number of imidazole rings is 1. The summed E-state index contributed by atoms with van der Waals surface area (Å²) in [6.07, 6.45) is 6.10. The molecule has 6 heteroatoms. The molecule has 2 fully saturated rings. The second-order valence-electron chi connectivity index (χ2n) is 7.50. The number of hydrogen-bond acceptors (Lipinski definition) is 3. The second-order valence-corrected chi connectivity index (χ2v) is 8.32. The Morgan fingerprint density at radius 2 is 2.14 bits per heavy atom. The Hall–Kier alpha value is -1.04. The van der Waals surface area contributed by atoms with Crippen molar-refractivity contribution in [1.82, 2.24) is 14.5 Å². The van der Waals surface area contributed by atoms with E-state index in [1.807, 2.05) is 38.2 Å². The SMILES string of the molecule is CC(C)(C)OC(=O)N1CC2(CC(Cn3cnc(Br)c3)C2)C1. The summed E-state index contributed by atoms with van der Waals surface area (Å²) in [5, 5.41) is 0. The van der Waals surface area contributed by atoms with Gasteiger partial charge in [0.25, 0.3) is 0 Å². The van der Waals surface area contributed by atoms with Crippen molar-refractivity contribution in [3.05, 3.63) is 17.1 Å². The summed E-state index contributed by atoms with van der Waals surface area (Å²) in [5.41, 5.74) is -0.0455. The topological polar surface area (TPSA) is 47.4 Å². The van der Waals surface area contributed by atoms with E-state index in [0.717, 1.165) is 24.2 Å². The van der Waals surface area contributed by atoms with Crippen LogP contribution >= 0.6 is 15.9 Å². The normalized spacial score (nSPS) is 21.0. The summed E-state index contributed by atoms with van der Waals surface area (Å²) in [6, 6.07) is 0. The zero-order valence-electron chi connectivity index (χ0n) is 12.8. The van der Waals surface area contributed by atoms with Gasteiger partial charge in [-0.1, -0.05) is 0 Å². The minimum absolute atomic E-state index is 0.171. The van der Waals surface area contributed by atoms with Crippen LogP contribution in [-0.2, 0) is 11.3 Å². The van der Waals surface area contributed by atoms with E-state index in [9.17, 15) is 4.79 Å². The maximum Gasteiger partial charge on any atom is 0.410 e. The van der Waals surface area contributed by atoms with Gasteiger partial charge in [-0.3, -0.25) is 0 Å². The molecule has 2 heterocycles. The number of aromatic nitrogens is 2. The van der Waals surface area contributed by atoms with Crippen molar-refractivity contribution in [1.29, 1.82) is 0 Å². The molecule has 3 rings (SSSR count). The van der Waals surface area contributed by atoms with Crippen LogP contribution < -0.4 is 0 Å². The lowest BCUT2D eigenvalue weighted by atomic mass is 9.58. The Morgan fingerprint density at radius 3 is 2.67 bits per heavy atom. The molecule has 1 spiro atoms. The summed E-state index contributed by atoms with van der Waals surface area (Å²) in [5.74, 6) is 0.701. The molecule has 1 aromatic heterocycles. The molecule has 1 aliphatic heterocycles. The monoisotopic (exact) mass is 355 g/mol. The lowest BCUT2D eigenvalue weighted by molar-refractivity contribution is -0.0981. The maximum absolute atomic E-state index is 11.9. The first-order valence-corrected chi connectivity index (χ1v) is 8.19. The fraction of sp³-hybridized carbons (Fsp3) is 0.733. The molecule has 0 bridgehead atoms. The number of nitrogens with zero attached hydrogens (tertiary/aromatic N) is 3. The first-order chi connectivity index (χ1) is 9.75. The van der Waals surface area contributed by atoms with Crippen LogP contribution in [0.15, 0.2) is 17.1 Å². The lowest BCUT2D eigenvalue weighted by Crippen LogP contribution is -2.64. The predicted molar refractivity (Wildman–Crippen MR) is 82.9 cm³/mol.